The first-order valence-electron chi connectivity index (χ1n) is 7.46. The second kappa shape index (κ2) is 12.5. The fourth-order valence-corrected chi connectivity index (χ4v) is 2.04. The Kier molecular flexibility index (Phi) is 12.3. The third-order valence-corrected chi connectivity index (χ3v) is 3.51. The summed E-state index contributed by atoms with van der Waals surface area (Å²) in [5.41, 5.74) is 0. The normalized spacial score (nSPS) is 17.7. The number of hydrogen-bond donors (Lipinski definition) is 6. The Morgan fingerprint density at radius 3 is 1.05 bits per heavy atom. The number of hydrogen-bond acceptors (Lipinski definition) is 6. The summed E-state index contributed by atoms with van der Waals surface area (Å²) in [6, 6.07) is 0. The number of unbranched alkanes of at least 4 members (excludes halogenated alkanes) is 5. The van der Waals surface area contributed by atoms with Gasteiger partial charge < -0.3 is 30.6 Å². The molecule has 6 nitrogen and oxygen atoms in total. The largest absolute Gasteiger partial charge is 0.394 e. The number of aliphatic hydroxyl groups excluding tert-OH is 6. The van der Waals surface area contributed by atoms with Crippen molar-refractivity contribution in [3.8, 4) is 0 Å². The fourth-order valence-electron chi connectivity index (χ4n) is 2.04. The highest BCUT2D eigenvalue weighted by Crippen LogP contribution is 2.12. The topological polar surface area (TPSA) is 121 Å². The van der Waals surface area contributed by atoms with E-state index in [1.54, 1.807) is 0 Å². The van der Waals surface area contributed by atoms with Gasteiger partial charge in [0.15, 0.2) is 0 Å². The molecule has 0 rings (SSSR count). The van der Waals surface area contributed by atoms with Crippen LogP contribution in [0.3, 0.4) is 0 Å². The van der Waals surface area contributed by atoms with Gasteiger partial charge in [-0.1, -0.05) is 38.5 Å². The molecular formula is C14H30O6. The molecule has 0 spiro atoms. The zero-order valence-corrected chi connectivity index (χ0v) is 12.1. The van der Waals surface area contributed by atoms with E-state index in [-0.39, 0.29) is 0 Å². The standard InChI is InChI=1S/C14H30O6/c15-9-13(19)11(17)7-5-3-1-2-4-6-8-12(18)14(20)10-16/h11-20H,1-10H2. The molecule has 20 heavy (non-hydrogen) atoms. The van der Waals surface area contributed by atoms with Gasteiger partial charge in [-0.05, 0) is 12.8 Å². The Morgan fingerprint density at radius 2 is 0.750 bits per heavy atom. The molecule has 0 aromatic rings. The average Bonchev–Trinajstić information content (AvgIpc) is 2.47. The Balaban J connectivity index is 3.33. The molecule has 0 bridgehead atoms. The molecule has 6 heteroatoms. The average molecular weight is 294 g/mol. The lowest BCUT2D eigenvalue weighted by Crippen LogP contribution is -2.29. The van der Waals surface area contributed by atoms with E-state index in [9.17, 15) is 10.2 Å². The summed E-state index contributed by atoms with van der Waals surface area (Å²) in [7, 11) is 0. The van der Waals surface area contributed by atoms with Crippen LogP contribution >= 0.6 is 0 Å². The summed E-state index contributed by atoms with van der Waals surface area (Å²) in [5, 5.41) is 54.4. The van der Waals surface area contributed by atoms with E-state index < -0.39 is 37.6 Å². The first-order valence-corrected chi connectivity index (χ1v) is 7.46. The van der Waals surface area contributed by atoms with Gasteiger partial charge in [-0.25, -0.2) is 0 Å². The second-order valence-electron chi connectivity index (χ2n) is 5.33. The van der Waals surface area contributed by atoms with Crippen LogP contribution in [-0.2, 0) is 0 Å². The third kappa shape index (κ3) is 9.63. The molecule has 0 amide bonds. The molecule has 6 N–H and O–H groups in total. The highest BCUT2D eigenvalue weighted by atomic mass is 16.4. The molecule has 0 aromatic heterocycles. The van der Waals surface area contributed by atoms with Gasteiger partial charge in [-0.3, -0.25) is 0 Å². The van der Waals surface area contributed by atoms with Crippen molar-refractivity contribution < 1.29 is 30.6 Å². The summed E-state index contributed by atoms with van der Waals surface area (Å²) in [6.45, 7) is -0.827. The highest BCUT2D eigenvalue weighted by Gasteiger charge is 2.15. The van der Waals surface area contributed by atoms with Crippen LogP contribution in [0.1, 0.15) is 51.4 Å². The van der Waals surface area contributed by atoms with Crippen molar-refractivity contribution in [2.24, 2.45) is 0 Å². The minimum absolute atomic E-state index is 0.414. The summed E-state index contributed by atoms with van der Waals surface area (Å²) in [5.74, 6) is 0. The molecule has 0 saturated heterocycles. The minimum atomic E-state index is -1.05. The van der Waals surface area contributed by atoms with Gasteiger partial charge >= 0.3 is 0 Å². The quantitative estimate of drug-likeness (QED) is 0.256. The third-order valence-electron chi connectivity index (χ3n) is 3.51. The van der Waals surface area contributed by atoms with Crippen LogP contribution in [0.4, 0.5) is 0 Å². The molecule has 4 unspecified atom stereocenters. The van der Waals surface area contributed by atoms with Crippen LogP contribution in [0.25, 0.3) is 0 Å². The maximum Gasteiger partial charge on any atom is 0.103 e. The van der Waals surface area contributed by atoms with Gasteiger partial charge in [0, 0.05) is 0 Å². The molecule has 0 aliphatic rings. The van der Waals surface area contributed by atoms with E-state index in [0.29, 0.717) is 12.8 Å². The van der Waals surface area contributed by atoms with Crippen molar-refractivity contribution in [3.63, 3.8) is 0 Å². The van der Waals surface area contributed by atoms with Gasteiger partial charge in [0.25, 0.3) is 0 Å². The molecule has 122 valence electrons. The first kappa shape index (κ1) is 19.8. The van der Waals surface area contributed by atoms with Crippen LogP contribution in [0.5, 0.6) is 0 Å². The monoisotopic (exact) mass is 294 g/mol. The zero-order chi connectivity index (χ0) is 15.4. The molecular weight excluding hydrogens is 264 g/mol. The smallest absolute Gasteiger partial charge is 0.103 e. The van der Waals surface area contributed by atoms with Crippen LogP contribution in [0, 0.1) is 0 Å². The lowest BCUT2D eigenvalue weighted by Gasteiger charge is -2.15. The van der Waals surface area contributed by atoms with Gasteiger partial charge in [0.1, 0.15) is 12.2 Å². The Morgan fingerprint density at radius 1 is 0.450 bits per heavy atom. The molecule has 0 radical (unpaired) electrons. The van der Waals surface area contributed by atoms with Crippen LogP contribution in [0.2, 0.25) is 0 Å². The Bertz CT molecular complexity index is 192. The summed E-state index contributed by atoms with van der Waals surface area (Å²) < 4.78 is 0. The molecule has 0 fully saturated rings. The van der Waals surface area contributed by atoms with Gasteiger partial charge in [0.2, 0.25) is 0 Å². The van der Waals surface area contributed by atoms with Crippen molar-refractivity contribution in [1.82, 2.24) is 0 Å². The van der Waals surface area contributed by atoms with Crippen molar-refractivity contribution in [3.05, 3.63) is 0 Å². The van der Waals surface area contributed by atoms with Crippen LogP contribution in [-0.4, -0.2) is 68.3 Å². The number of aliphatic hydroxyl groups is 6. The van der Waals surface area contributed by atoms with Gasteiger partial charge in [-0.15, -0.1) is 0 Å². The van der Waals surface area contributed by atoms with Gasteiger partial charge in [0.05, 0.1) is 25.4 Å². The van der Waals surface area contributed by atoms with E-state index in [0.717, 1.165) is 38.5 Å². The molecule has 0 saturated carbocycles. The van der Waals surface area contributed by atoms with Crippen molar-refractivity contribution in [1.29, 1.82) is 0 Å². The van der Waals surface area contributed by atoms with Crippen molar-refractivity contribution >= 4 is 0 Å². The maximum absolute atomic E-state index is 9.41. The Labute approximate surface area is 120 Å². The lowest BCUT2D eigenvalue weighted by atomic mass is 10.0. The number of rotatable bonds is 13. The molecule has 0 heterocycles. The predicted octanol–water partition coefficient (Wildman–Crippen LogP) is -0.465. The van der Waals surface area contributed by atoms with E-state index in [4.69, 9.17) is 20.4 Å². The van der Waals surface area contributed by atoms with Crippen LogP contribution in [0.15, 0.2) is 0 Å². The zero-order valence-electron chi connectivity index (χ0n) is 12.1. The van der Waals surface area contributed by atoms with Crippen molar-refractivity contribution in [2.45, 2.75) is 75.8 Å². The lowest BCUT2D eigenvalue weighted by molar-refractivity contribution is -0.0189. The van der Waals surface area contributed by atoms with E-state index in [1.165, 1.54) is 0 Å². The summed E-state index contributed by atoms with van der Waals surface area (Å²) in [4.78, 5) is 0. The van der Waals surface area contributed by atoms with E-state index >= 15 is 0 Å². The van der Waals surface area contributed by atoms with E-state index in [2.05, 4.69) is 0 Å². The van der Waals surface area contributed by atoms with Crippen LogP contribution < -0.4 is 0 Å². The predicted molar refractivity (Wildman–Crippen MR) is 75.1 cm³/mol. The molecule has 0 aromatic carbocycles. The maximum atomic E-state index is 9.41. The first-order chi connectivity index (χ1) is 9.52. The molecule has 0 aliphatic heterocycles. The van der Waals surface area contributed by atoms with Crippen molar-refractivity contribution in [2.75, 3.05) is 13.2 Å². The fraction of sp³-hybridized carbons (Fsp3) is 1.00. The summed E-state index contributed by atoms with van der Waals surface area (Å²) >= 11 is 0. The molecule has 0 aliphatic carbocycles. The van der Waals surface area contributed by atoms with Gasteiger partial charge in [-0.2, -0.15) is 0 Å². The molecule has 4 atom stereocenters. The SMILES string of the molecule is OCC(O)C(O)CCCCCCCCC(O)C(O)CO. The Hall–Kier alpha value is -0.240. The minimum Gasteiger partial charge on any atom is -0.394 e. The van der Waals surface area contributed by atoms with E-state index in [1.807, 2.05) is 0 Å². The second-order valence-corrected chi connectivity index (χ2v) is 5.33. The summed E-state index contributed by atoms with van der Waals surface area (Å²) in [6.07, 6.45) is 2.74. The highest BCUT2D eigenvalue weighted by molar-refractivity contribution is 4.66.